The maximum absolute atomic E-state index is 13.3. The Labute approximate surface area is 88.0 Å². The van der Waals surface area contributed by atoms with E-state index in [0.29, 0.717) is 18.4 Å². The molecule has 0 fully saturated rings. The standard InChI is InChI=1S/C11H15F2NO/c1-7(14)3-4-8-5-6-9(12)10(13)11(8)15-2/h5-7H,3-4,14H2,1-2H3/t7-/m1/s1. The van der Waals surface area contributed by atoms with Crippen LogP contribution in [0.15, 0.2) is 12.1 Å². The van der Waals surface area contributed by atoms with Gasteiger partial charge in [-0.05, 0) is 31.4 Å². The van der Waals surface area contributed by atoms with Crippen LogP contribution in [0.2, 0.25) is 0 Å². The van der Waals surface area contributed by atoms with E-state index in [0.717, 1.165) is 6.07 Å². The topological polar surface area (TPSA) is 35.2 Å². The van der Waals surface area contributed by atoms with E-state index in [2.05, 4.69) is 0 Å². The van der Waals surface area contributed by atoms with Gasteiger partial charge in [-0.3, -0.25) is 0 Å². The number of aryl methyl sites for hydroxylation is 1. The Hall–Kier alpha value is -1.16. The second-order valence-corrected chi connectivity index (χ2v) is 3.57. The molecule has 0 spiro atoms. The third kappa shape index (κ3) is 2.89. The van der Waals surface area contributed by atoms with E-state index < -0.39 is 11.6 Å². The molecule has 0 unspecified atom stereocenters. The van der Waals surface area contributed by atoms with Crippen molar-refractivity contribution >= 4 is 0 Å². The average molecular weight is 215 g/mol. The predicted molar refractivity (Wildman–Crippen MR) is 54.9 cm³/mol. The molecular formula is C11H15F2NO. The van der Waals surface area contributed by atoms with Gasteiger partial charge < -0.3 is 10.5 Å². The minimum absolute atomic E-state index is 0.0179. The molecule has 0 saturated carbocycles. The van der Waals surface area contributed by atoms with Gasteiger partial charge in [0.25, 0.3) is 0 Å². The lowest BCUT2D eigenvalue weighted by atomic mass is 10.1. The lowest BCUT2D eigenvalue weighted by Gasteiger charge is -2.11. The predicted octanol–water partition coefficient (Wildman–Crippen LogP) is 2.25. The van der Waals surface area contributed by atoms with Gasteiger partial charge in [-0.15, -0.1) is 0 Å². The van der Waals surface area contributed by atoms with E-state index in [-0.39, 0.29) is 11.8 Å². The van der Waals surface area contributed by atoms with Crippen LogP contribution in [0.3, 0.4) is 0 Å². The summed E-state index contributed by atoms with van der Waals surface area (Å²) in [6, 6.07) is 2.66. The summed E-state index contributed by atoms with van der Waals surface area (Å²) in [5.41, 5.74) is 6.24. The van der Waals surface area contributed by atoms with Gasteiger partial charge >= 0.3 is 0 Å². The zero-order valence-corrected chi connectivity index (χ0v) is 8.89. The van der Waals surface area contributed by atoms with Crippen molar-refractivity contribution in [2.75, 3.05) is 7.11 Å². The fourth-order valence-corrected chi connectivity index (χ4v) is 1.37. The number of nitrogens with two attached hydrogens (primary N) is 1. The zero-order chi connectivity index (χ0) is 11.4. The largest absolute Gasteiger partial charge is 0.493 e. The number of halogens is 2. The van der Waals surface area contributed by atoms with Gasteiger partial charge in [-0.2, -0.15) is 4.39 Å². The SMILES string of the molecule is COc1c(CC[C@@H](C)N)ccc(F)c1F. The number of methoxy groups -OCH3 is 1. The Bertz CT molecular complexity index is 340. The molecule has 0 aromatic heterocycles. The highest BCUT2D eigenvalue weighted by atomic mass is 19.2. The van der Waals surface area contributed by atoms with Crippen LogP contribution in [0.4, 0.5) is 8.78 Å². The molecule has 4 heteroatoms. The molecule has 15 heavy (non-hydrogen) atoms. The number of benzene rings is 1. The third-order valence-electron chi connectivity index (χ3n) is 2.20. The van der Waals surface area contributed by atoms with Crippen LogP contribution in [-0.2, 0) is 6.42 Å². The van der Waals surface area contributed by atoms with Crippen molar-refractivity contribution in [2.45, 2.75) is 25.8 Å². The monoisotopic (exact) mass is 215 g/mol. The van der Waals surface area contributed by atoms with Crippen molar-refractivity contribution in [3.05, 3.63) is 29.3 Å². The Morgan fingerprint density at radius 1 is 1.40 bits per heavy atom. The van der Waals surface area contributed by atoms with Crippen LogP contribution < -0.4 is 10.5 Å². The quantitative estimate of drug-likeness (QED) is 0.836. The van der Waals surface area contributed by atoms with Crippen LogP contribution in [0.1, 0.15) is 18.9 Å². The van der Waals surface area contributed by atoms with Crippen molar-refractivity contribution in [1.82, 2.24) is 0 Å². The highest BCUT2D eigenvalue weighted by Crippen LogP contribution is 2.25. The molecular weight excluding hydrogens is 200 g/mol. The Morgan fingerprint density at radius 2 is 2.07 bits per heavy atom. The van der Waals surface area contributed by atoms with Gasteiger partial charge in [0, 0.05) is 6.04 Å². The van der Waals surface area contributed by atoms with Crippen LogP contribution in [0, 0.1) is 11.6 Å². The normalized spacial score (nSPS) is 12.6. The van der Waals surface area contributed by atoms with Gasteiger partial charge in [0.05, 0.1) is 7.11 Å². The molecule has 0 radical (unpaired) electrons. The van der Waals surface area contributed by atoms with Crippen molar-refractivity contribution in [1.29, 1.82) is 0 Å². The van der Waals surface area contributed by atoms with Crippen LogP contribution in [0.25, 0.3) is 0 Å². The van der Waals surface area contributed by atoms with Gasteiger partial charge in [-0.1, -0.05) is 6.07 Å². The number of hydrogen-bond donors (Lipinski definition) is 1. The summed E-state index contributed by atoms with van der Waals surface area (Å²) < 4.78 is 31.0. The van der Waals surface area contributed by atoms with Gasteiger partial charge in [0.2, 0.25) is 5.82 Å². The van der Waals surface area contributed by atoms with Crippen molar-refractivity contribution in [3.8, 4) is 5.75 Å². The lowest BCUT2D eigenvalue weighted by Crippen LogP contribution is -2.15. The molecule has 0 heterocycles. The van der Waals surface area contributed by atoms with Crippen molar-refractivity contribution < 1.29 is 13.5 Å². The Balaban J connectivity index is 2.92. The van der Waals surface area contributed by atoms with Crippen LogP contribution in [-0.4, -0.2) is 13.2 Å². The lowest BCUT2D eigenvalue weighted by molar-refractivity contribution is 0.366. The molecule has 2 N–H and O–H groups in total. The molecule has 0 bridgehead atoms. The minimum atomic E-state index is -0.931. The van der Waals surface area contributed by atoms with Gasteiger partial charge in [0.1, 0.15) is 0 Å². The molecule has 1 rings (SSSR count). The molecule has 0 amide bonds. The number of hydrogen-bond acceptors (Lipinski definition) is 2. The molecule has 0 aliphatic heterocycles. The summed E-state index contributed by atoms with van der Waals surface area (Å²) in [5, 5.41) is 0. The second kappa shape index (κ2) is 5.07. The highest BCUT2D eigenvalue weighted by Gasteiger charge is 2.13. The fraction of sp³-hybridized carbons (Fsp3) is 0.455. The van der Waals surface area contributed by atoms with E-state index in [1.54, 1.807) is 0 Å². The Kier molecular flexibility index (Phi) is 4.03. The summed E-state index contributed by atoms with van der Waals surface area (Å²) in [5.74, 6) is -1.84. The fourth-order valence-electron chi connectivity index (χ4n) is 1.37. The maximum Gasteiger partial charge on any atom is 0.200 e. The summed E-state index contributed by atoms with van der Waals surface area (Å²) >= 11 is 0. The zero-order valence-electron chi connectivity index (χ0n) is 8.89. The molecule has 1 aromatic carbocycles. The molecule has 2 nitrogen and oxygen atoms in total. The summed E-state index contributed by atoms with van der Waals surface area (Å²) in [6.45, 7) is 1.87. The van der Waals surface area contributed by atoms with E-state index in [1.165, 1.54) is 13.2 Å². The van der Waals surface area contributed by atoms with Gasteiger partial charge in [0.15, 0.2) is 11.6 Å². The van der Waals surface area contributed by atoms with Crippen LogP contribution >= 0.6 is 0 Å². The third-order valence-corrected chi connectivity index (χ3v) is 2.20. The highest BCUT2D eigenvalue weighted by molar-refractivity contribution is 5.35. The summed E-state index contributed by atoms with van der Waals surface area (Å²) in [4.78, 5) is 0. The first-order valence-electron chi connectivity index (χ1n) is 4.82. The molecule has 84 valence electrons. The molecule has 1 aromatic rings. The number of rotatable bonds is 4. The van der Waals surface area contributed by atoms with E-state index in [4.69, 9.17) is 10.5 Å². The molecule has 0 aliphatic rings. The average Bonchev–Trinajstić information content (AvgIpc) is 2.19. The molecule has 0 saturated heterocycles. The number of ether oxygens (including phenoxy) is 1. The van der Waals surface area contributed by atoms with E-state index in [1.807, 2.05) is 6.92 Å². The maximum atomic E-state index is 13.3. The van der Waals surface area contributed by atoms with E-state index >= 15 is 0 Å². The van der Waals surface area contributed by atoms with E-state index in [9.17, 15) is 8.78 Å². The minimum Gasteiger partial charge on any atom is -0.493 e. The Morgan fingerprint density at radius 3 is 2.60 bits per heavy atom. The molecule has 1 atom stereocenters. The second-order valence-electron chi connectivity index (χ2n) is 3.57. The summed E-state index contributed by atoms with van der Waals surface area (Å²) in [6.07, 6.45) is 1.29. The first-order valence-corrected chi connectivity index (χ1v) is 4.82. The van der Waals surface area contributed by atoms with Gasteiger partial charge in [-0.25, -0.2) is 4.39 Å². The van der Waals surface area contributed by atoms with Crippen molar-refractivity contribution in [3.63, 3.8) is 0 Å². The van der Waals surface area contributed by atoms with Crippen LogP contribution in [0.5, 0.6) is 5.75 Å². The molecule has 0 aliphatic carbocycles. The smallest absolute Gasteiger partial charge is 0.200 e. The first-order chi connectivity index (χ1) is 7.06. The first kappa shape index (κ1) is 11.9. The summed E-state index contributed by atoms with van der Waals surface area (Å²) in [7, 11) is 1.33. The van der Waals surface area contributed by atoms with Crippen molar-refractivity contribution in [2.24, 2.45) is 5.73 Å².